The van der Waals surface area contributed by atoms with Gasteiger partial charge in [0.2, 0.25) is 0 Å². The molecule has 2 fully saturated rings. The third-order valence-electron chi connectivity index (χ3n) is 6.03. The number of rotatable bonds is 3. The number of aliphatic hydroxyl groups is 1. The van der Waals surface area contributed by atoms with Crippen LogP contribution in [-0.4, -0.2) is 47.1 Å². The number of carbonyl (C=O) groups excluding carboxylic acids is 2. The Hall–Kier alpha value is -1.66. The summed E-state index contributed by atoms with van der Waals surface area (Å²) in [5.74, 6) is -1.72. The average molecular weight is 364 g/mol. The Labute approximate surface area is 154 Å². The first-order valence-corrected chi connectivity index (χ1v) is 9.27. The molecule has 7 atom stereocenters. The van der Waals surface area contributed by atoms with Crippen LogP contribution in [0.3, 0.4) is 0 Å². The maximum absolute atomic E-state index is 12.4. The van der Waals surface area contributed by atoms with Gasteiger partial charge in [-0.1, -0.05) is 12.7 Å². The second-order valence-corrected chi connectivity index (χ2v) is 8.03. The Morgan fingerprint density at radius 1 is 1.46 bits per heavy atom. The summed E-state index contributed by atoms with van der Waals surface area (Å²) < 4.78 is 17.1. The fraction of sp³-hybridized carbons (Fsp3) is 0.700. The number of hydrogen-bond donors (Lipinski definition) is 1. The predicted octanol–water partition coefficient (Wildman–Crippen LogP) is 2.30. The van der Waals surface area contributed by atoms with Crippen LogP contribution in [0.25, 0.3) is 0 Å². The van der Waals surface area contributed by atoms with E-state index in [0.29, 0.717) is 12.0 Å². The summed E-state index contributed by atoms with van der Waals surface area (Å²) in [5, 5.41) is 9.65. The number of esters is 2. The smallest absolute Gasteiger partial charge is 0.334 e. The first-order valence-electron chi connectivity index (χ1n) is 9.27. The molecule has 1 aliphatic carbocycles. The second kappa shape index (κ2) is 6.82. The minimum atomic E-state index is -0.786. The highest BCUT2D eigenvalue weighted by molar-refractivity contribution is 5.91. The van der Waals surface area contributed by atoms with Crippen molar-refractivity contribution in [1.29, 1.82) is 0 Å². The summed E-state index contributed by atoms with van der Waals surface area (Å²) in [6.45, 7) is 11.1. The van der Waals surface area contributed by atoms with Gasteiger partial charge in [-0.25, -0.2) is 4.79 Å². The van der Waals surface area contributed by atoms with Gasteiger partial charge in [0.1, 0.15) is 18.3 Å². The summed E-state index contributed by atoms with van der Waals surface area (Å²) in [6, 6.07) is 0. The monoisotopic (exact) mass is 364 g/mol. The van der Waals surface area contributed by atoms with Crippen molar-refractivity contribution in [3.8, 4) is 0 Å². The first kappa shape index (κ1) is 19.1. The molecule has 2 saturated heterocycles. The van der Waals surface area contributed by atoms with Gasteiger partial charge in [-0.3, -0.25) is 4.79 Å². The maximum Gasteiger partial charge on any atom is 0.334 e. The third-order valence-corrected chi connectivity index (χ3v) is 6.03. The van der Waals surface area contributed by atoms with Crippen molar-refractivity contribution in [2.24, 2.45) is 11.8 Å². The minimum absolute atomic E-state index is 0.143. The van der Waals surface area contributed by atoms with Crippen LogP contribution in [0.15, 0.2) is 23.8 Å². The molecule has 0 amide bonds. The highest BCUT2D eigenvalue weighted by Crippen LogP contribution is 2.50. The fourth-order valence-corrected chi connectivity index (χ4v) is 3.77. The van der Waals surface area contributed by atoms with Gasteiger partial charge in [-0.2, -0.15) is 0 Å². The summed E-state index contributed by atoms with van der Waals surface area (Å²) in [6.07, 6.45) is 2.30. The summed E-state index contributed by atoms with van der Waals surface area (Å²) in [4.78, 5) is 24.4. The van der Waals surface area contributed by atoms with Crippen molar-refractivity contribution in [1.82, 2.24) is 0 Å². The maximum atomic E-state index is 12.4. The van der Waals surface area contributed by atoms with Gasteiger partial charge in [-0.15, -0.1) is 0 Å². The van der Waals surface area contributed by atoms with E-state index in [1.807, 2.05) is 13.8 Å². The summed E-state index contributed by atoms with van der Waals surface area (Å²) >= 11 is 0. The van der Waals surface area contributed by atoms with E-state index in [4.69, 9.17) is 14.2 Å². The number of hydrogen-bond acceptors (Lipinski definition) is 6. The number of epoxide rings is 1. The average Bonchev–Trinajstić information content (AvgIpc) is 3.17. The molecule has 0 aromatic carbocycles. The molecule has 0 spiro atoms. The minimum Gasteiger partial charge on any atom is -0.458 e. The van der Waals surface area contributed by atoms with Crippen LogP contribution >= 0.6 is 0 Å². The van der Waals surface area contributed by atoms with Crippen LogP contribution in [-0.2, 0) is 23.8 Å². The molecular formula is C20H28O6. The summed E-state index contributed by atoms with van der Waals surface area (Å²) in [5.41, 5.74) is 1.06. The van der Waals surface area contributed by atoms with Crippen molar-refractivity contribution in [3.05, 3.63) is 23.8 Å². The van der Waals surface area contributed by atoms with E-state index in [-0.39, 0.29) is 23.7 Å². The van der Waals surface area contributed by atoms with Crippen molar-refractivity contribution in [2.45, 2.75) is 77.0 Å². The SMILES string of the molecule is C=C1C(=O)O[C@H]2[C@H]3O[C@]3(C)CC/C=C(\C)[C@@H](OC(=O)[C@H](C)[C@H](C)O)C[C@@H]12. The zero-order valence-electron chi connectivity index (χ0n) is 15.9. The van der Waals surface area contributed by atoms with Gasteiger partial charge in [0.05, 0.1) is 17.6 Å². The first-order chi connectivity index (χ1) is 12.1. The summed E-state index contributed by atoms with van der Waals surface area (Å²) in [7, 11) is 0. The molecule has 3 aliphatic rings. The Morgan fingerprint density at radius 2 is 2.15 bits per heavy atom. The van der Waals surface area contributed by atoms with Crippen LogP contribution in [0.5, 0.6) is 0 Å². The van der Waals surface area contributed by atoms with E-state index in [9.17, 15) is 14.7 Å². The highest BCUT2D eigenvalue weighted by Gasteiger charge is 2.61. The van der Waals surface area contributed by atoms with Gasteiger partial charge in [-0.05, 0) is 52.5 Å². The molecule has 0 saturated carbocycles. The van der Waals surface area contributed by atoms with Crippen molar-refractivity contribution >= 4 is 11.9 Å². The molecule has 6 heteroatoms. The quantitative estimate of drug-likeness (QED) is 0.358. The predicted molar refractivity (Wildman–Crippen MR) is 94.1 cm³/mol. The van der Waals surface area contributed by atoms with E-state index in [1.165, 1.54) is 0 Å². The molecule has 144 valence electrons. The van der Waals surface area contributed by atoms with E-state index in [1.54, 1.807) is 13.8 Å². The lowest BCUT2D eigenvalue weighted by molar-refractivity contribution is -0.156. The molecule has 1 N–H and O–H groups in total. The topological polar surface area (TPSA) is 85.4 Å². The van der Waals surface area contributed by atoms with Gasteiger partial charge in [0, 0.05) is 11.5 Å². The van der Waals surface area contributed by atoms with Crippen LogP contribution in [0.1, 0.15) is 47.0 Å². The molecule has 0 unspecified atom stereocenters. The fourth-order valence-electron chi connectivity index (χ4n) is 3.77. The van der Waals surface area contributed by atoms with Crippen LogP contribution < -0.4 is 0 Å². The molecule has 0 aromatic heterocycles. The lowest BCUT2D eigenvalue weighted by Crippen LogP contribution is -2.35. The molecule has 2 heterocycles. The zero-order chi connectivity index (χ0) is 19.2. The van der Waals surface area contributed by atoms with Gasteiger partial charge in [0.15, 0.2) is 0 Å². The normalized spacial score (nSPS) is 41.0. The van der Waals surface area contributed by atoms with Crippen LogP contribution in [0.4, 0.5) is 0 Å². The van der Waals surface area contributed by atoms with Gasteiger partial charge >= 0.3 is 11.9 Å². The van der Waals surface area contributed by atoms with E-state index < -0.39 is 30.1 Å². The Balaban J connectivity index is 1.84. The Kier molecular flexibility index (Phi) is 5.01. The van der Waals surface area contributed by atoms with Crippen molar-refractivity contribution < 1.29 is 28.9 Å². The molecule has 0 radical (unpaired) electrons. The number of carbonyl (C=O) groups is 2. The third kappa shape index (κ3) is 3.45. The van der Waals surface area contributed by atoms with E-state index >= 15 is 0 Å². The van der Waals surface area contributed by atoms with E-state index in [2.05, 4.69) is 12.7 Å². The van der Waals surface area contributed by atoms with Crippen molar-refractivity contribution in [2.75, 3.05) is 0 Å². The zero-order valence-corrected chi connectivity index (χ0v) is 15.9. The number of fused-ring (bicyclic) bond motifs is 3. The molecule has 2 aliphatic heterocycles. The van der Waals surface area contributed by atoms with Crippen LogP contribution in [0.2, 0.25) is 0 Å². The Morgan fingerprint density at radius 3 is 2.81 bits per heavy atom. The molecular weight excluding hydrogens is 336 g/mol. The number of allylic oxidation sites excluding steroid dienone is 1. The van der Waals surface area contributed by atoms with Gasteiger partial charge in [0.25, 0.3) is 0 Å². The lowest BCUT2D eigenvalue weighted by atomic mass is 9.83. The van der Waals surface area contributed by atoms with Crippen LogP contribution in [0, 0.1) is 11.8 Å². The number of aliphatic hydroxyl groups excluding tert-OH is 1. The van der Waals surface area contributed by atoms with Crippen molar-refractivity contribution in [3.63, 3.8) is 0 Å². The molecule has 6 nitrogen and oxygen atoms in total. The van der Waals surface area contributed by atoms with E-state index in [0.717, 1.165) is 18.4 Å². The molecule has 3 rings (SSSR count). The largest absolute Gasteiger partial charge is 0.458 e. The Bertz CT molecular complexity index is 651. The molecule has 0 bridgehead atoms. The van der Waals surface area contributed by atoms with Gasteiger partial charge < -0.3 is 19.3 Å². The molecule has 0 aromatic rings. The highest BCUT2D eigenvalue weighted by atomic mass is 16.6. The standard InChI is InChI=1S/C20H28O6/c1-10-7-6-8-20(5)17(26-20)16-14(12(3)19(23)25-16)9-15(10)24-18(22)11(2)13(4)21/h7,11,13-17,21H,3,6,8-9H2,1-2,4-5H3/b10-7+/t11-,13+,14+,15+,16-,17-,20-/m1/s1. The number of ether oxygens (including phenoxy) is 3. The molecule has 26 heavy (non-hydrogen) atoms. The lowest BCUT2D eigenvalue weighted by Gasteiger charge is -2.27. The second-order valence-electron chi connectivity index (χ2n) is 8.03.